The SMILES string of the molecule is Cc1c(CNC(=O)Cc2c[nH]c(=O)n(C)c2=O)oc2ccccc12. The fourth-order valence-corrected chi connectivity index (χ4v) is 2.55. The molecule has 0 aliphatic rings. The molecule has 0 bridgehead atoms. The molecule has 1 amide bonds. The minimum absolute atomic E-state index is 0.108. The quantitative estimate of drug-likeness (QED) is 0.746. The van der Waals surface area contributed by atoms with Crippen LogP contribution in [-0.2, 0) is 24.8 Å². The lowest BCUT2D eigenvalue weighted by Crippen LogP contribution is -2.36. The van der Waals surface area contributed by atoms with Gasteiger partial charge in [-0.15, -0.1) is 0 Å². The van der Waals surface area contributed by atoms with Gasteiger partial charge in [0.15, 0.2) is 0 Å². The first kappa shape index (κ1) is 15.8. The molecular formula is C17H17N3O4. The zero-order valence-electron chi connectivity index (χ0n) is 13.4. The van der Waals surface area contributed by atoms with Gasteiger partial charge >= 0.3 is 5.69 Å². The van der Waals surface area contributed by atoms with E-state index >= 15 is 0 Å². The predicted molar refractivity (Wildman–Crippen MR) is 88.8 cm³/mol. The lowest BCUT2D eigenvalue weighted by atomic mass is 10.1. The molecule has 3 aromatic rings. The summed E-state index contributed by atoms with van der Waals surface area (Å²) >= 11 is 0. The second kappa shape index (κ2) is 6.19. The van der Waals surface area contributed by atoms with E-state index in [0.29, 0.717) is 5.76 Å². The first-order chi connectivity index (χ1) is 11.5. The van der Waals surface area contributed by atoms with Gasteiger partial charge in [0.25, 0.3) is 5.56 Å². The summed E-state index contributed by atoms with van der Waals surface area (Å²) in [4.78, 5) is 37.7. The molecule has 0 unspecified atom stereocenters. The molecule has 1 aromatic carbocycles. The summed E-state index contributed by atoms with van der Waals surface area (Å²) in [6.07, 6.45) is 1.17. The maximum absolute atomic E-state index is 12.1. The van der Waals surface area contributed by atoms with E-state index in [4.69, 9.17) is 4.42 Å². The number of H-pyrrole nitrogens is 1. The number of aromatic amines is 1. The average Bonchev–Trinajstić information content (AvgIpc) is 2.90. The lowest BCUT2D eigenvalue weighted by molar-refractivity contribution is -0.120. The molecule has 0 saturated carbocycles. The molecule has 7 heteroatoms. The van der Waals surface area contributed by atoms with E-state index in [-0.39, 0.29) is 24.4 Å². The number of hydrogen-bond donors (Lipinski definition) is 2. The summed E-state index contributed by atoms with van der Waals surface area (Å²) in [6.45, 7) is 2.17. The van der Waals surface area contributed by atoms with Crippen molar-refractivity contribution in [2.24, 2.45) is 7.05 Å². The predicted octanol–water partition coefficient (Wildman–Crippen LogP) is 0.987. The highest BCUT2D eigenvalue weighted by Crippen LogP contribution is 2.24. The Balaban J connectivity index is 1.71. The molecule has 24 heavy (non-hydrogen) atoms. The van der Waals surface area contributed by atoms with Crippen LogP contribution in [0.4, 0.5) is 0 Å². The summed E-state index contributed by atoms with van der Waals surface area (Å²) in [7, 11) is 1.36. The number of para-hydroxylation sites is 1. The second-order valence-corrected chi connectivity index (χ2v) is 5.58. The zero-order chi connectivity index (χ0) is 17.3. The lowest BCUT2D eigenvalue weighted by Gasteiger charge is -2.05. The molecule has 2 N–H and O–H groups in total. The van der Waals surface area contributed by atoms with Crippen molar-refractivity contribution in [3.05, 3.63) is 68.2 Å². The van der Waals surface area contributed by atoms with Crippen LogP contribution >= 0.6 is 0 Å². The van der Waals surface area contributed by atoms with Gasteiger partial charge in [0, 0.05) is 29.8 Å². The zero-order valence-corrected chi connectivity index (χ0v) is 13.4. The van der Waals surface area contributed by atoms with Crippen molar-refractivity contribution < 1.29 is 9.21 Å². The third-order valence-corrected chi connectivity index (χ3v) is 3.99. The van der Waals surface area contributed by atoms with Crippen LogP contribution in [0, 0.1) is 6.92 Å². The average molecular weight is 327 g/mol. The van der Waals surface area contributed by atoms with Gasteiger partial charge in [0.1, 0.15) is 11.3 Å². The molecule has 2 aromatic heterocycles. The Morgan fingerprint density at radius 1 is 1.29 bits per heavy atom. The molecule has 124 valence electrons. The number of nitrogens with one attached hydrogen (secondary N) is 2. The van der Waals surface area contributed by atoms with Crippen molar-refractivity contribution in [1.82, 2.24) is 14.9 Å². The van der Waals surface area contributed by atoms with E-state index in [1.165, 1.54) is 13.2 Å². The van der Waals surface area contributed by atoms with Crippen LogP contribution in [0.25, 0.3) is 11.0 Å². The summed E-state index contributed by atoms with van der Waals surface area (Å²) in [5.41, 5.74) is 0.992. The number of aryl methyl sites for hydroxylation is 1. The first-order valence-corrected chi connectivity index (χ1v) is 7.48. The van der Waals surface area contributed by atoms with Crippen molar-refractivity contribution in [3.63, 3.8) is 0 Å². The van der Waals surface area contributed by atoms with Gasteiger partial charge in [-0.1, -0.05) is 18.2 Å². The molecule has 3 rings (SSSR count). The van der Waals surface area contributed by atoms with Crippen LogP contribution in [0.1, 0.15) is 16.9 Å². The van der Waals surface area contributed by atoms with Gasteiger partial charge in [-0.3, -0.25) is 14.2 Å². The van der Waals surface area contributed by atoms with Crippen LogP contribution in [0.2, 0.25) is 0 Å². The van der Waals surface area contributed by atoms with E-state index in [0.717, 1.165) is 21.1 Å². The number of benzene rings is 1. The third-order valence-electron chi connectivity index (χ3n) is 3.99. The van der Waals surface area contributed by atoms with E-state index in [1.807, 2.05) is 31.2 Å². The Morgan fingerprint density at radius 3 is 2.79 bits per heavy atom. The molecule has 2 heterocycles. The highest BCUT2D eigenvalue weighted by atomic mass is 16.3. The largest absolute Gasteiger partial charge is 0.459 e. The van der Waals surface area contributed by atoms with E-state index < -0.39 is 11.2 Å². The number of carbonyl (C=O) groups excluding carboxylic acids is 1. The number of fused-ring (bicyclic) bond motifs is 1. The van der Waals surface area contributed by atoms with Gasteiger partial charge in [0.2, 0.25) is 5.91 Å². The van der Waals surface area contributed by atoms with Crippen molar-refractivity contribution in [2.75, 3.05) is 0 Å². The molecule has 0 fully saturated rings. The number of rotatable bonds is 4. The van der Waals surface area contributed by atoms with Crippen molar-refractivity contribution in [2.45, 2.75) is 19.9 Å². The first-order valence-electron chi connectivity index (χ1n) is 7.48. The summed E-state index contributed by atoms with van der Waals surface area (Å²) < 4.78 is 6.67. The maximum Gasteiger partial charge on any atom is 0.328 e. The fraction of sp³-hybridized carbons (Fsp3) is 0.235. The highest BCUT2D eigenvalue weighted by Gasteiger charge is 2.13. The smallest absolute Gasteiger partial charge is 0.328 e. The standard InChI is InChI=1S/C17H17N3O4/c1-10-12-5-3-4-6-13(12)24-14(10)9-18-15(21)7-11-8-19-17(23)20(2)16(11)22/h3-6,8H,7,9H2,1-2H3,(H,18,21)(H,19,23). The van der Waals surface area contributed by atoms with E-state index in [9.17, 15) is 14.4 Å². The molecule has 0 radical (unpaired) electrons. The topological polar surface area (TPSA) is 97.1 Å². The van der Waals surface area contributed by atoms with Gasteiger partial charge in [-0.2, -0.15) is 0 Å². The molecular weight excluding hydrogens is 310 g/mol. The van der Waals surface area contributed by atoms with Crippen LogP contribution in [0.15, 0.2) is 44.5 Å². The van der Waals surface area contributed by atoms with Gasteiger partial charge in [0.05, 0.1) is 13.0 Å². The second-order valence-electron chi connectivity index (χ2n) is 5.58. The van der Waals surface area contributed by atoms with E-state index in [2.05, 4.69) is 10.3 Å². The highest BCUT2D eigenvalue weighted by molar-refractivity contribution is 5.82. The van der Waals surface area contributed by atoms with Crippen molar-refractivity contribution in [1.29, 1.82) is 0 Å². The molecule has 0 atom stereocenters. The van der Waals surface area contributed by atoms with E-state index in [1.54, 1.807) is 0 Å². The van der Waals surface area contributed by atoms with Gasteiger partial charge in [-0.05, 0) is 13.0 Å². The van der Waals surface area contributed by atoms with Gasteiger partial charge in [-0.25, -0.2) is 4.79 Å². The van der Waals surface area contributed by atoms with Crippen molar-refractivity contribution >= 4 is 16.9 Å². The molecule has 0 aliphatic carbocycles. The Morgan fingerprint density at radius 2 is 2.04 bits per heavy atom. The van der Waals surface area contributed by atoms with Crippen LogP contribution < -0.4 is 16.6 Å². The molecule has 0 aliphatic heterocycles. The van der Waals surface area contributed by atoms with Crippen LogP contribution in [0.5, 0.6) is 0 Å². The van der Waals surface area contributed by atoms with Crippen molar-refractivity contribution in [3.8, 4) is 0 Å². The number of carbonyl (C=O) groups is 1. The van der Waals surface area contributed by atoms with Crippen LogP contribution in [-0.4, -0.2) is 15.5 Å². The Bertz CT molecular complexity index is 1030. The number of aromatic nitrogens is 2. The number of furan rings is 1. The summed E-state index contributed by atoms with van der Waals surface area (Å²) in [5.74, 6) is 0.359. The van der Waals surface area contributed by atoms with Gasteiger partial charge < -0.3 is 14.7 Å². The number of amides is 1. The molecule has 0 spiro atoms. The molecule has 7 nitrogen and oxygen atoms in total. The maximum atomic E-state index is 12.1. The number of hydrogen-bond acceptors (Lipinski definition) is 4. The number of nitrogens with zero attached hydrogens (tertiary/aromatic N) is 1. The normalized spacial score (nSPS) is 10.9. The third kappa shape index (κ3) is 2.88. The minimum atomic E-state index is -0.512. The summed E-state index contributed by atoms with van der Waals surface area (Å²) in [5, 5.41) is 3.75. The summed E-state index contributed by atoms with van der Waals surface area (Å²) in [6, 6.07) is 7.65. The Kier molecular flexibility index (Phi) is 4.07. The Hall–Kier alpha value is -3.09. The monoisotopic (exact) mass is 327 g/mol. The Labute approximate surface area is 136 Å². The molecule has 0 saturated heterocycles. The van der Waals surface area contributed by atoms with Crippen LogP contribution in [0.3, 0.4) is 0 Å². The minimum Gasteiger partial charge on any atom is -0.459 e. The fourth-order valence-electron chi connectivity index (χ4n) is 2.55.